The average Bonchev–Trinajstić information content (AvgIpc) is 2.88. The molecule has 0 aliphatic carbocycles. The first-order valence-electron chi connectivity index (χ1n) is 13.4. The summed E-state index contributed by atoms with van der Waals surface area (Å²) in [6, 6.07) is 21.0. The number of amides is 2. The van der Waals surface area contributed by atoms with Gasteiger partial charge in [-0.1, -0.05) is 66.2 Å². The number of nitrogens with zero attached hydrogens (tertiary/aromatic N) is 2. The van der Waals surface area contributed by atoms with Crippen LogP contribution in [0.3, 0.4) is 0 Å². The summed E-state index contributed by atoms with van der Waals surface area (Å²) in [6.45, 7) is 5.45. The molecule has 41 heavy (non-hydrogen) atoms. The molecule has 0 radical (unpaired) electrons. The number of sulfonamides is 1. The van der Waals surface area contributed by atoms with Crippen LogP contribution < -0.4 is 9.62 Å². The molecular weight excluding hydrogens is 565 g/mol. The van der Waals surface area contributed by atoms with Gasteiger partial charge in [0.05, 0.1) is 11.9 Å². The third kappa shape index (κ3) is 9.86. The zero-order valence-corrected chi connectivity index (χ0v) is 25.4. The first kappa shape index (κ1) is 32.1. The highest BCUT2D eigenvalue weighted by Gasteiger charge is 2.32. The maximum absolute atomic E-state index is 14.8. The molecule has 0 aromatic heterocycles. The highest BCUT2D eigenvalue weighted by atomic mass is 35.5. The Morgan fingerprint density at radius 1 is 0.976 bits per heavy atom. The van der Waals surface area contributed by atoms with Gasteiger partial charge in [0, 0.05) is 42.1 Å². The first-order chi connectivity index (χ1) is 19.2. The molecule has 1 atom stereocenters. The summed E-state index contributed by atoms with van der Waals surface area (Å²) in [6.07, 6.45) is 1.42. The van der Waals surface area contributed by atoms with E-state index in [0.29, 0.717) is 10.7 Å². The minimum absolute atomic E-state index is 0.0238. The monoisotopic (exact) mass is 601 g/mol. The van der Waals surface area contributed by atoms with Crippen LogP contribution in [-0.2, 0) is 32.6 Å². The Kier molecular flexibility index (Phi) is 10.9. The fraction of sp³-hybridized carbons (Fsp3) is 0.355. The predicted molar refractivity (Wildman–Crippen MR) is 162 cm³/mol. The van der Waals surface area contributed by atoms with Crippen LogP contribution in [0.1, 0.15) is 44.7 Å². The van der Waals surface area contributed by atoms with Gasteiger partial charge in [-0.2, -0.15) is 0 Å². The number of carbonyl (C=O) groups excluding carboxylic acids is 2. The van der Waals surface area contributed by atoms with E-state index in [1.807, 2.05) is 51.1 Å². The van der Waals surface area contributed by atoms with Gasteiger partial charge in [0.25, 0.3) is 0 Å². The normalized spacial score (nSPS) is 12.4. The van der Waals surface area contributed by atoms with Gasteiger partial charge in [-0.25, -0.2) is 12.8 Å². The van der Waals surface area contributed by atoms with Gasteiger partial charge < -0.3 is 10.2 Å². The fourth-order valence-electron chi connectivity index (χ4n) is 4.45. The number of anilines is 1. The third-order valence-corrected chi connectivity index (χ3v) is 7.75. The largest absolute Gasteiger partial charge is 0.350 e. The van der Waals surface area contributed by atoms with Crippen LogP contribution in [0.5, 0.6) is 0 Å². The number of halogens is 2. The first-order valence-corrected chi connectivity index (χ1v) is 15.6. The van der Waals surface area contributed by atoms with Crippen molar-refractivity contribution in [3.8, 4) is 0 Å². The highest BCUT2D eigenvalue weighted by Crippen LogP contribution is 2.23. The van der Waals surface area contributed by atoms with Crippen molar-refractivity contribution in [3.05, 3.63) is 101 Å². The van der Waals surface area contributed by atoms with Crippen LogP contribution in [0, 0.1) is 5.82 Å². The van der Waals surface area contributed by atoms with Crippen molar-refractivity contribution in [2.45, 2.75) is 58.2 Å². The lowest BCUT2D eigenvalue weighted by Crippen LogP contribution is -2.54. The molecule has 0 saturated heterocycles. The molecule has 220 valence electrons. The average molecular weight is 602 g/mol. The molecule has 7 nitrogen and oxygen atoms in total. The van der Waals surface area contributed by atoms with Gasteiger partial charge in [-0.3, -0.25) is 13.9 Å². The molecule has 0 aliphatic heterocycles. The molecule has 0 heterocycles. The summed E-state index contributed by atoms with van der Waals surface area (Å²) in [5, 5.41) is 3.36. The van der Waals surface area contributed by atoms with E-state index in [4.69, 9.17) is 11.6 Å². The molecule has 1 N–H and O–H groups in total. The van der Waals surface area contributed by atoms with Crippen molar-refractivity contribution in [3.63, 3.8) is 0 Å². The van der Waals surface area contributed by atoms with E-state index < -0.39 is 33.3 Å². The second-order valence-corrected chi connectivity index (χ2v) is 13.3. The lowest BCUT2D eigenvalue weighted by atomic mass is 10.00. The van der Waals surface area contributed by atoms with Crippen LogP contribution in [-0.4, -0.2) is 49.5 Å². The molecule has 0 spiro atoms. The Bertz CT molecular complexity index is 1440. The smallest absolute Gasteiger partial charge is 0.243 e. The summed E-state index contributed by atoms with van der Waals surface area (Å²) in [7, 11) is -3.66. The predicted octanol–water partition coefficient (Wildman–Crippen LogP) is 5.58. The summed E-state index contributed by atoms with van der Waals surface area (Å²) in [5.74, 6) is -1.23. The quantitative estimate of drug-likeness (QED) is 0.294. The van der Waals surface area contributed by atoms with Crippen molar-refractivity contribution >= 4 is 39.1 Å². The van der Waals surface area contributed by atoms with Gasteiger partial charge >= 0.3 is 0 Å². The van der Waals surface area contributed by atoms with Crippen molar-refractivity contribution < 1.29 is 22.4 Å². The summed E-state index contributed by atoms with van der Waals surface area (Å²) >= 11 is 6.08. The lowest BCUT2D eigenvalue weighted by molar-refractivity contribution is -0.142. The fourth-order valence-corrected chi connectivity index (χ4v) is 5.59. The van der Waals surface area contributed by atoms with E-state index in [-0.39, 0.29) is 43.8 Å². The van der Waals surface area contributed by atoms with Gasteiger partial charge in [-0.05, 0) is 57.0 Å². The molecule has 3 aromatic rings. The van der Waals surface area contributed by atoms with Crippen LogP contribution in [0.4, 0.5) is 10.1 Å². The van der Waals surface area contributed by atoms with Crippen molar-refractivity contribution in [1.82, 2.24) is 10.2 Å². The van der Waals surface area contributed by atoms with E-state index in [1.54, 1.807) is 42.5 Å². The number of hydrogen-bond donors (Lipinski definition) is 1. The van der Waals surface area contributed by atoms with Gasteiger partial charge in [0.2, 0.25) is 21.8 Å². The standard InChI is InChI=1S/C31H37ClFN3O4S/c1-31(2,3)34-30(38)28(20-23-12-6-5-7-13-23)35(22-24-14-8-9-17-27(24)33)29(37)18-11-19-36(41(4,39)40)26-16-10-15-25(32)21-26/h5-10,12-17,21,28H,11,18-20,22H2,1-4H3,(H,34,38). The molecule has 10 heteroatoms. The Labute approximate surface area is 247 Å². The second-order valence-electron chi connectivity index (χ2n) is 11.0. The second kappa shape index (κ2) is 14.0. The summed E-state index contributed by atoms with van der Waals surface area (Å²) < 4.78 is 41.1. The van der Waals surface area contributed by atoms with Gasteiger partial charge in [0.15, 0.2) is 0 Å². The molecular formula is C31H37ClFN3O4S. The van der Waals surface area contributed by atoms with E-state index in [0.717, 1.165) is 11.8 Å². The lowest BCUT2D eigenvalue weighted by Gasteiger charge is -2.34. The van der Waals surface area contributed by atoms with Crippen LogP contribution in [0.15, 0.2) is 78.9 Å². The minimum Gasteiger partial charge on any atom is -0.350 e. The molecule has 3 rings (SSSR count). The molecule has 2 amide bonds. The minimum atomic E-state index is -3.66. The maximum atomic E-state index is 14.8. The SMILES string of the molecule is CC(C)(C)NC(=O)C(Cc1ccccc1)N(Cc1ccccc1F)C(=O)CCCN(c1cccc(Cl)c1)S(C)(=O)=O. The number of hydrogen-bond acceptors (Lipinski definition) is 4. The molecule has 0 saturated carbocycles. The topological polar surface area (TPSA) is 86.8 Å². The molecule has 0 fully saturated rings. The zero-order valence-electron chi connectivity index (χ0n) is 23.8. The Hall–Kier alpha value is -3.43. The third-order valence-electron chi connectivity index (χ3n) is 6.32. The number of carbonyl (C=O) groups is 2. The number of benzene rings is 3. The van der Waals surface area contributed by atoms with Crippen LogP contribution >= 0.6 is 11.6 Å². The van der Waals surface area contributed by atoms with Crippen molar-refractivity contribution in [2.75, 3.05) is 17.1 Å². The molecule has 0 bridgehead atoms. The summed E-state index contributed by atoms with van der Waals surface area (Å²) in [4.78, 5) is 28.8. The molecule has 0 aliphatic rings. The van der Waals surface area contributed by atoms with Crippen LogP contribution in [0.25, 0.3) is 0 Å². The summed E-state index contributed by atoms with van der Waals surface area (Å²) in [5.41, 5.74) is 0.949. The van der Waals surface area contributed by atoms with Gasteiger partial charge in [-0.15, -0.1) is 0 Å². The zero-order chi connectivity index (χ0) is 30.2. The Morgan fingerprint density at radius 3 is 2.24 bits per heavy atom. The highest BCUT2D eigenvalue weighted by molar-refractivity contribution is 7.92. The van der Waals surface area contributed by atoms with Crippen molar-refractivity contribution in [2.24, 2.45) is 0 Å². The van der Waals surface area contributed by atoms with Crippen molar-refractivity contribution in [1.29, 1.82) is 0 Å². The molecule has 1 unspecified atom stereocenters. The van der Waals surface area contributed by atoms with Gasteiger partial charge in [0.1, 0.15) is 11.9 Å². The van der Waals surface area contributed by atoms with E-state index in [2.05, 4.69) is 5.32 Å². The van der Waals surface area contributed by atoms with E-state index in [9.17, 15) is 22.4 Å². The van der Waals surface area contributed by atoms with E-state index >= 15 is 0 Å². The Morgan fingerprint density at radius 2 is 1.63 bits per heavy atom. The van der Waals surface area contributed by atoms with E-state index in [1.165, 1.54) is 15.3 Å². The Balaban J connectivity index is 1.91. The number of rotatable bonds is 12. The number of nitrogens with one attached hydrogen (secondary N) is 1. The van der Waals surface area contributed by atoms with Crippen LogP contribution in [0.2, 0.25) is 5.02 Å². The maximum Gasteiger partial charge on any atom is 0.243 e. The molecule has 3 aromatic carbocycles.